The predicted molar refractivity (Wildman–Crippen MR) is 69.3 cm³/mol. The summed E-state index contributed by atoms with van der Waals surface area (Å²) in [4.78, 5) is 11.8. The lowest BCUT2D eigenvalue weighted by atomic mass is 9.84. The van der Waals surface area contributed by atoms with Crippen molar-refractivity contribution in [1.82, 2.24) is 5.32 Å². The fourth-order valence-electron chi connectivity index (χ4n) is 2.99. The third-order valence-corrected chi connectivity index (χ3v) is 4.00. The van der Waals surface area contributed by atoms with Crippen LogP contribution in [-0.4, -0.2) is 37.9 Å². The zero-order valence-electron chi connectivity index (χ0n) is 11.9. The first-order chi connectivity index (χ1) is 8.42. The molecule has 0 saturated carbocycles. The van der Waals surface area contributed by atoms with Crippen LogP contribution in [0.3, 0.4) is 0 Å². The van der Waals surface area contributed by atoms with Gasteiger partial charge in [0.1, 0.15) is 5.92 Å². The van der Waals surface area contributed by atoms with E-state index in [9.17, 15) is 4.79 Å². The Balaban J connectivity index is 1.91. The van der Waals surface area contributed by atoms with Gasteiger partial charge in [-0.2, -0.15) is 0 Å². The van der Waals surface area contributed by atoms with E-state index in [4.69, 9.17) is 9.47 Å². The molecule has 0 aromatic carbocycles. The molecule has 0 amide bonds. The van der Waals surface area contributed by atoms with Crippen LogP contribution >= 0.6 is 0 Å². The maximum absolute atomic E-state index is 11.8. The number of carbonyl (C=O) groups is 1. The minimum absolute atomic E-state index is 0.0644. The van der Waals surface area contributed by atoms with E-state index < -0.39 is 0 Å². The molecule has 0 radical (unpaired) electrons. The van der Waals surface area contributed by atoms with Gasteiger partial charge in [0.2, 0.25) is 0 Å². The lowest BCUT2D eigenvalue weighted by Crippen LogP contribution is -2.48. The third-order valence-electron chi connectivity index (χ3n) is 4.00. The number of ether oxygens (including phenoxy) is 2. The van der Waals surface area contributed by atoms with Crippen molar-refractivity contribution in [3.05, 3.63) is 0 Å². The van der Waals surface area contributed by atoms with Crippen molar-refractivity contribution < 1.29 is 14.3 Å². The minimum atomic E-state index is -0.129. The van der Waals surface area contributed by atoms with E-state index in [2.05, 4.69) is 26.1 Å². The topological polar surface area (TPSA) is 47.6 Å². The Bertz CT molecular complexity index is 311. The Kier molecular flexibility index (Phi) is 3.97. The van der Waals surface area contributed by atoms with E-state index in [0.717, 1.165) is 25.8 Å². The van der Waals surface area contributed by atoms with Gasteiger partial charge in [-0.05, 0) is 31.2 Å². The third kappa shape index (κ3) is 2.86. The van der Waals surface area contributed by atoms with Crippen LogP contribution in [0.25, 0.3) is 0 Å². The number of methoxy groups -OCH3 is 1. The van der Waals surface area contributed by atoms with Crippen molar-refractivity contribution in [3.63, 3.8) is 0 Å². The maximum Gasteiger partial charge on any atom is 0.313 e. The van der Waals surface area contributed by atoms with Gasteiger partial charge in [-0.3, -0.25) is 4.79 Å². The summed E-state index contributed by atoms with van der Waals surface area (Å²) in [5.74, 6) is -0.246. The number of nitrogens with one attached hydrogen (secondary N) is 1. The molecule has 2 saturated heterocycles. The average Bonchev–Trinajstić information content (AvgIpc) is 2.86. The van der Waals surface area contributed by atoms with Crippen molar-refractivity contribution in [2.45, 2.75) is 58.3 Å². The molecule has 1 N–H and O–H groups in total. The lowest BCUT2D eigenvalue weighted by Gasteiger charge is -2.28. The number of fused-ring (bicyclic) bond motifs is 2. The Labute approximate surface area is 109 Å². The van der Waals surface area contributed by atoms with E-state index in [0.29, 0.717) is 5.41 Å². The second kappa shape index (κ2) is 5.17. The molecule has 18 heavy (non-hydrogen) atoms. The van der Waals surface area contributed by atoms with Crippen molar-refractivity contribution in [2.75, 3.05) is 13.7 Å². The predicted octanol–water partition coefficient (Wildman–Crippen LogP) is 1.73. The quantitative estimate of drug-likeness (QED) is 0.777. The fraction of sp³-hybridized carbons (Fsp3) is 0.929. The largest absolute Gasteiger partial charge is 0.469 e. The van der Waals surface area contributed by atoms with Crippen LogP contribution in [0.1, 0.15) is 40.0 Å². The SMILES string of the molecule is COC(=O)C1C2CCC(O2)C1NCCC(C)(C)C. The summed E-state index contributed by atoms with van der Waals surface area (Å²) in [6, 6.07) is 0.138. The number of hydrogen-bond donors (Lipinski definition) is 1. The van der Waals surface area contributed by atoms with Crippen LogP contribution in [0.4, 0.5) is 0 Å². The summed E-state index contributed by atoms with van der Waals surface area (Å²) in [6.45, 7) is 7.60. The van der Waals surface area contributed by atoms with Crippen LogP contribution in [0.5, 0.6) is 0 Å². The first-order valence-corrected chi connectivity index (χ1v) is 6.89. The number of rotatable bonds is 4. The molecule has 0 aliphatic carbocycles. The van der Waals surface area contributed by atoms with E-state index in [1.165, 1.54) is 7.11 Å². The lowest BCUT2D eigenvalue weighted by molar-refractivity contribution is -0.147. The van der Waals surface area contributed by atoms with E-state index in [1.807, 2.05) is 0 Å². The fourth-order valence-corrected chi connectivity index (χ4v) is 2.99. The van der Waals surface area contributed by atoms with Crippen molar-refractivity contribution >= 4 is 5.97 Å². The van der Waals surface area contributed by atoms with Gasteiger partial charge < -0.3 is 14.8 Å². The standard InChI is InChI=1S/C14H25NO3/c1-14(2,3)7-8-15-12-10-6-5-9(18-10)11(12)13(16)17-4/h9-12,15H,5-8H2,1-4H3. The van der Waals surface area contributed by atoms with E-state index in [-0.39, 0.29) is 30.1 Å². The van der Waals surface area contributed by atoms with Gasteiger partial charge in [0.15, 0.2) is 0 Å². The molecule has 2 fully saturated rings. The highest BCUT2D eigenvalue weighted by atomic mass is 16.5. The van der Waals surface area contributed by atoms with Gasteiger partial charge >= 0.3 is 5.97 Å². The average molecular weight is 255 g/mol. The van der Waals surface area contributed by atoms with E-state index >= 15 is 0 Å². The monoisotopic (exact) mass is 255 g/mol. The smallest absolute Gasteiger partial charge is 0.313 e. The zero-order valence-corrected chi connectivity index (χ0v) is 11.9. The van der Waals surface area contributed by atoms with Crippen LogP contribution < -0.4 is 5.32 Å². The molecule has 2 rings (SSSR count). The molecular formula is C14H25NO3. The molecule has 104 valence electrons. The minimum Gasteiger partial charge on any atom is -0.469 e. The highest BCUT2D eigenvalue weighted by molar-refractivity contribution is 5.74. The molecule has 2 bridgehead atoms. The molecule has 0 aromatic rings. The normalized spacial score (nSPS) is 34.9. The molecule has 4 unspecified atom stereocenters. The van der Waals surface area contributed by atoms with Gasteiger partial charge in [0.25, 0.3) is 0 Å². The molecule has 0 aromatic heterocycles. The zero-order chi connectivity index (χ0) is 13.3. The number of hydrogen-bond acceptors (Lipinski definition) is 4. The van der Waals surface area contributed by atoms with Crippen LogP contribution in [-0.2, 0) is 14.3 Å². The highest BCUT2D eigenvalue weighted by Gasteiger charge is 2.52. The van der Waals surface area contributed by atoms with Gasteiger partial charge in [-0.25, -0.2) is 0 Å². The molecule has 2 aliphatic rings. The van der Waals surface area contributed by atoms with Gasteiger partial charge in [-0.1, -0.05) is 20.8 Å². The second-order valence-electron chi connectivity index (χ2n) is 6.63. The molecular weight excluding hydrogens is 230 g/mol. The number of carbonyl (C=O) groups excluding carboxylic acids is 1. The Morgan fingerprint density at radius 2 is 2.00 bits per heavy atom. The molecule has 0 spiro atoms. The molecule has 4 nitrogen and oxygen atoms in total. The van der Waals surface area contributed by atoms with Crippen LogP contribution in [0.2, 0.25) is 0 Å². The van der Waals surface area contributed by atoms with Crippen LogP contribution in [0, 0.1) is 11.3 Å². The second-order valence-corrected chi connectivity index (χ2v) is 6.63. The summed E-state index contributed by atoms with van der Waals surface area (Å²) in [5.41, 5.74) is 0.312. The summed E-state index contributed by atoms with van der Waals surface area (Å²) < 4.78 is 10.7. The Morgan fingerprint density at radius 1 is 1.33 bits per heavy atom. The number of esters is 1. The van der Waals surface area contributed by atoms with Crippen LogP contribution in [0.15, 0.2) is 0 Å². The maximum atomic E-state index is 11.8. The van der Waals surface area contributed by atoms with Crippen molar-refractivity contribution in [3.8, 4) is 0 Å². The Morgan fingerprint density at radius 3 is 2.61 bits per heavy atom. The summed E-state index contributed by atoms with van der Waals surface area (Å²) >= 11 is 0. The summed E-state index contributed by atoms with van der Waals surface area (Å²) in [5, 5.41) is 3.51. The van der Waals surface area contributed by atoms with E-state index in [1.54, 1.807) is 0 Å². The summed E-state index contributed by atoms with van der Waals surface area (Å²) in [6.07, 6.45) is 3.40. The molecule has 2 aliphatic heterocycles. The first kappa shape index (κ1) is 13.8. The highest BCUT2D eigenvalue weighted by Crippen LogP contribution is 2.39. The summed E-state index contributed by atoms with van der Waals surface area (Å²) in [7, 11) is 1.46. The molecule has 2 heterocycles. The van der Waals surface area contributed by atoms with Gasteiger partial charge in [0.05, 0.1) is 19.3 Å². The van der Waals surface area contributed by atoms with Gasteiger partial charge in [-0.15, -0.1) is 0 Å². The van der Waals surface area contributed by atoms with Crippen molar-refractivity contribution in [2.24, 2.45) is 11.3 Å². The first-order valence-electron chi connectivity index (χ1n) is 6.89. The van der Waals surface area contributed by atoms with Crippen molar-refractivity contribution in [1.29, 1.82) is 0 Å². The Hall–Kier alpha value is -0.610. The molecule has 4 heteroatoms. The molecule has 4 atom stereocenters. The van der Waals surface area contributed by atoms with Gasteiger partial charge in [0, 0.05) is 6.04 Å².